The largest absolute Gasteiger partial charge is 0.460 e. The van der Waals surface area contributed by atoms with Crippen molar-refractivity contribution in [3.8, 4) is 11.5 Å². The van der Waals surface area contributed by atoms with Crippen LogP contribution in [0.15, 0.2) is 27.1 Å². The fraction of sp³-hybridized carbons (Fsp3) is 0.286. The molecule has 112 valence electrons. The number of aromatic nitrogens is 1. The van der Waals surface area contributed by atoms with Crippen LogP contribution in [0.5, 0.6) is 0 Å². The van der Waals surface area contributed by atoms with Crippen LogP contribution in [0.1, 0.15) is 35.2 Å². The van der Waals surface area contributed by atoms with Crippen LogP contribution in [0.3, 0.4) is 0 Å². The average Bonchev–Trinajstić information content (AvgIpc) is 2.87. The topological polar surface area (TPSA) is 52.3 Å². The number of esters is 1. The lowest BCUT2D eigenvalue weighted by Crippen LogP contribution is -2.06. The third-order valence-electron chi connectivity index (χ3n) is 2.75. The minimum Gasteiger partial charge on any atom is -0.460 e. The van der Waals surface area contributed by atoms with E-state index in [0.717, 1.165) is 10.0 Å². The predicted octanol–water partition coefficient (Wildman–Crippen LogP) is 4.53. The monoisotopic (exact) mass is 359 g/mol. The maximum absolute atomic E-state index is 13.0. The highest BCUT2D eigenvalue weighted by Crippen LogP contribution is 2.31. The lowest BCUT2D eigenvalue weighted by atomic mass is 10.1. The minimum atomic E-state index is -2.92. The standard InChI is InChI=1S/C14H12BrF2NO3/c1-3-20-14(19)11-10(12(16)17)18-13(21-11)9-6-8(15)5-4-7(9)2/h4-6,12H,3H2,1-2H3. The van der Waals surface area contributed by atoms with E-state index in [0.29, 0.717) is 5.56 Å². The molecule has 2 rings (SSSR count). The Morgan fingerprint density at radius 3 is 2.81 bits per heavy atom. The minimum absolute atomic E-state index is 0.0350. The fourth-order valence-corrected chi connectivity index (χ4v) is 2.12. The van der Waals surface area contributed by atoms with Gasteiger partial charge in [-0.15, -0.1) is 0 Å². The van der Waals surface area contributed by atoms with E-state index in [-0.39, 0.29) is 12.5 Å². The van der Waals surface area contributed by atoms with Crippen molar-refractivity contribution in [2.75, 3.05) is 6.61 Å². The molecule has 0 saturated carbocycles. The average molecular weight is 360 g/mol. The van der Waals surface area contributed by atoms with E-state index < -0.39 is 23.8 Å². The fourth-order valence-electron chi connectivity index (χ4n) is 1.76. The summed E-state index contributed by atoms with van der Waals surface area (Å²) in [6.07, 6.45) is -2.92. The summed E-state index contributed by atoms with van der Waals surface area (Å²) in [5.41, 5.74) is 0.611. The van der Waals surface area contributed by atoms with E-state index in [1.54, 1.807) is 26.0 Å². The van der Waals surface area contributed by atoms with Crippen molar-refractivity contribution in [3.05, 3.63) is 39.7 Å². The molecule has 0 unspecified atom stereocenters. The van der Waals surface area contributed by atoms with Gasteiger partial charge < -0.3 is 9.15 Å². The molecule has 4 nitrogen and oxygen atoms in total. The van der Waals surface area contributed by atoms with Crippen LogP contribution >= 0.6 is 15.9 Å². The van der Waals surface area contributed by atoms with Crippen molar-refractivity contribution in [3.63, 3.8) is 0 Å². The molecular formula is C14H12BrF2NO3. The van der Waals surface area contributed by atoms with Crippen LogP contribution in [-0.2, 0) is 4.74 Å². The van der Waals surface area contributed by atoms with Crippen molar-refractivity contribution in [1.29, 1.82) is 0 Å². The van der Waals surface area contributed by atoms with Crippen LogP contribution in [0, 0.1) is 6.92 Å². The highest BCUT2D eigenvalue weighted by molar-refractivity contribution is 9.10. The van der Waals surface area contributed by atoms with E-state index in [1.807, 2.05) is 6.07 Å². The first kappa shape index (κ1) is 15.6. The Morgan fingerprint density at radius 2 is 2.19 bits per heavy atom. The van der Waals surface area contributed by atoms with Crippen LogP contribution in [0.25, 0.3) is 11.5 Å². The second-order valence-electron chi connectivity index (χ2n) is 4.21. The molecular weight excluding hydrogens is 348 g/mol. The summed E-state index contributed by atoms with van der Waals surface area (Å²) in [7, 11) is 0. The summed E-state index contributed by atoms with van der Waals surface area (Å²) in [5.74, 6) is -1.53. The van der Waals surface area contributed by atoms with Gasteiger partial charge in [-0.1, -0.05) is 22.0 Å². The number of nitrogens with zero attached hydrogens (tertiary/aromatic N) is 1. The molecule has 0 radical (unpaired) electrons. The highest BCUT2D eigenvalue weighted by atomic mass is 79.9. The molecule has 0 saturated heterocycles. The van der Waals surface area contributed by atoms with E-state index >= 15 is 0 Å². The van der Waals surface area contributed by atoms with Gasteiger partial charge in [-0.25, -0.2) is 18.6 Å². The van der Waals surface area contributed by atoms with Crippen molar-refractivity contribution in [2.45, 2.75) is 20.3 Å². The van der Waals surface area contributed by atoms with Gasteiger partial charge in [0, 0.05) is 10.0 Å². The Labute approximate surface area is 128 Å². The number of ether oxygens (including phenoxy) is 1. The van der Waals surface area contributed by atoms with Crippen LogP contribution in [0.2, 0.25) is 0 Å². The molecule has 0 spiro atoms. The third-order valence-corrected chi connectivity index (χ3v) is 3.24. The van der Waals surface area contributed by atoms with Crippen molar-refractivity contribution in [1.82, 2.24) is 4.98 Å². The molecule has 1 aromatic heterocycles. The molecule has 0 atom stereocenters. The Hall–Kier alpha value is -1.76. The first-order valence-electron chi connectivity index (χ1n) is 6.16. The summed E-state index contributed by atoms with van der Waals surface area (Å²) < 4.78 is 36.7. The van der Waals surface area contributed by atoms with Gasteiger partial charge >= 0.3 is 5.97 Å². The van der Waals surface area contributed by atoms with Crippen molar-refractivity contribution in [2.24, 2.45) is 0 Å². The summed E-state index contributed by atoms with van der Waals surface area (Å²) >= 11 is 3.29. The molecule has 0 aliphatic rings. The molecule has 21 heavy (non-hydrogen) atoms. The number of alkyl halides is 2. The van der Waals surface area contributed by atoms with E-state index in [9.17, 15) is 13.6 Å². The Bertz CT molecular complexity index is 670. The van der Waals surface area contributed by atoms with E-state index in [2.05, 4.69) is 20.9 Å². The second kappa shape index (κ2) is 6.34. The Kier molecular flexibility index (Phi) is 4.72. The van der Waals surface area contributed by atoms with Gasteiger partial charge in [-0.05, 0) is 31.5 Å². The van der Waals surface area contributed by atoms with Crippen LogP contribution in [-0.4, -0.2) is 17.6 Å². The first-order valence-corrected chi connectivity index (χ1v) is 6.95. The van der Waals surface area contributed by atoms with Crippen molar-refractivity contribution >= 4 is 21.9 Å². The number of benzene rings is 1. The molecule has 1 heterocycles. The molecule has 7 heteroatoms. The number of hydrogen-bond acceptors (Lipinski definition) is 4. The summed E-state index contributed by atoms with van der Waals surface area (Å²) in [5, 5.41) is 0. The molecule has 0 amide bonds. The third kappa shape index (κ3) is 3.29. The number of rotatable bonds is 4. The van der Waals surface area contributed by atoms with Gasteiger partial charge in [-0.3, -0.25) is 0 Å². The maximum Gasteiger partial charge on any atom is 0.376 e. The summed E-state index contributed by atoms with van der Waals surface area (Å²) in [6.45, 7) is 3.43. The second-order valence-corrected chi connectivity index (χ2v) is 5.13. The smallest absolute Gasteiger partial charge is 0.376 e. The normalized spacial score (nSPS) is 11.0. The molecule has 0 fully saturated rings. The van der Waals surface area contributed by atoms with Gasteiger partial charge in [0.1, 0.15) is 0 Å². The molecule has 2 aromatic rings. The van der Waals surface area contributed by atoms with Crippen molar-refractivity contribution < 1.29 is 22.7 Å². The molecule has 1 aromatic carbocycles. The van der Waals surface area contributed by atoms with Gasteiger partial charge in [0.2, 0.25) is 11.7 Å². The van der Waals surface area contributed by atoms with E-state index in [1.165, 1.54) is 0 Å². The number of carbonyl (C=O) groups is 1. The zero-order chi connectivity index (χ0) is 15.6. The molecule has 0 aliphatic carbocycles. The quantitative estimate of drug-likeness (QED) is 0.752. The van der Waals surface area contributed by atoms with Gasteiger partial charge in [0.25, 0.3) is 6.43 Å². The number of oxazole rings is 1. The van der Waals surface area contributed by atoms with Crippen LogP contribution in [0.4, 0.5) is 8.78 Å². The summed E-state index contributed by atoms with van der Waals surface area (Å²) in [6, 6.07) is 5.28. The lowest BCUT2D eigenvalue weighted by Gasteiger charge is -2.01. The first-order chi connectivity index (χ1) is 9.93. The number of carbonyl (C=O) groups excluding carboxylic acids is 1. The maximum atomic E-state index is 13.0. The number of aryl methyl sites for hydroxylation is 1. The Morgan fingerprint density at radius 1 is 1.48 bits per heavy atom. The van der Waals surface area contributed by atoms with Gasteiger partial charge in [0.15, 0.2) is 5.69 Å². The number of halogens is 3. The SMILES string of the molecule is CCOC(=O)c1oc(-c2cc(Br)ccc2C)nc1C(F)F. The lowest BCUT2D eigenvalue weighted by molar-refractivity contribution is 0.0476. The molecule has 0 bridgehead atoms. The Balaban J connectivity index is 2.53. The molecule has 0 aliphatic heterocycles. The zero-order valence-electron chi connectivity index (χ0n) is 11.3. The van der Waals surface area contributed by atoms with Gasteiger partial charge in [0.05, 0.1) is 6.61 Å². The van der Waals surface area contributed by atoms with Crippen LogP contribution < -0.4 is 0 Å². The zero-order valence-corrected chi connectivity index (χ0v) is 12.9. The van der Waals surface area contributed by atoms with Gasteiger partial charge in [-0.2, -0.15) is 0 Å². The van der Waals surface area contributed by atoms with E-state index in [4.69, 9.17) is 9.15 Å². The summed E-state index contributed by atoms with van der Waals surface area (Å²) in [4.78, 5) is 15.4. The number of hydrogen-bond donors (Lipinski definition) is 0. The highest BCUT2D eigenvalue weighted by Gasteiger charge is 2.28. The predicted molar refractivity (Wildman–Crippen MR) is 75.3 cm³/mol. The molecule has 0 N–H and O–H groups in total.